The molecule has 2 aliphatic carbocycles. The highest BCUT2D eigenvalue weighted by Gasteiger charge is 2.40. The number of benzene rings is 1. The summed E-state index contributed by atoms with van der Waals surface area (Å²) in [4.78, 5) is 14.3. The molecule has 7 nitrogen and oxygen atoms in total. The zero-order chi connectivity index (χ0) is 22.6. The molecule has 1 saturated heterocycles. The fourth-order valence-corrected chi connectivity index (χ4v) is 5.27. The summed E-state index contributed by atoms with van der Waals surface area (Å²) in [5.74, 6) is 2.84. The summed E-state index contributed by atoms with van der Waals surface area (Å²) in [5.41, 5.74) is 2.68. The lowest BCUT2D eigenvalue weighted by Crippen LogP contribution is -2.55. The van der Waals surface area contributed by atoms with Gasteiger partial charge in [0.25, 0.3) is 0 Å². The van der Waals surface area contributed by atoms with Gasteiger partial charge in [-0.25, -0.2) is 9.97 Å². The van der Waals surface area contributed by atoms with E-state index in [1.54, 1.807) is 6.33 Å². The maximum absolute atomic E-state index is 6.18. The molecule has 2 atom stereocenters. The Balaban J connectivity index is 1.21. The molecule has 0 radical (unpaired) electrons. The second-order valence-electron chi connectivity index (χ2n) is 10.7. The number of piperazine rings is 1. The fourth-order valence-electron chi connectivity index (χ4n) is 5.27. The number of anilines is 1. The number of aromatic amines is 1. The summed E-state index contributed by atoms with van der Waals surface area (Å²) < 4.78 is 6.18. The normalized spacial score (nSPS) is 23.6. The van der Waals surface area contributed by atoms with Gasteiger partial charge in [-0.05, 0) is 64.2 Å². The lowest BCUT2D eigenvalue weighted by molar-refractivity contribution is 0.128. The van der Waals surface area contributed by atoms with Crippen molar-refractivity contribution in [3.05, 3.63) is 30.6 Å². The third-order valence-corrected chi connectivity index (χ3v) is 7.69. The second-order valence-corrected chi connectivity index (χ2v) is 10.7. The molecule has 174 valence electrons. The van der Waals surface area contributed by atoms with Crippen LogP contribution in [0.2, 0.25) is 0 Å². The molecule has 1 aromatic carbocycles. The van der Waals surface area contributed by atoms with Crippen molar-refractivity contribution in [2.75, 3.05) is 24.5 Å². The van der Waals surface area contributed by atoms with Gasteiger partial charge in [0.05, 0.1) is 11.2 Å². The summed E-state index contributed by atoms with van der Waals surface area (Å²) in [6.07, 6.45) is 8.10. The van der Waals surface area contributed by atoms with Crippen LogP contribution in [0.25, 0.3) is 22.3 Å². The van der Waals surface area contributed by atoms with Crippen molar-refractivity contribution >= 4 is 16.7 Å². The van der Waals surface area contributed by atoms with Crippen LogP contribution in [-0.2, 0) is 0 Å². The Kier molecular flexibility index (Phi) is 5.05. The topological polar surface area (TPSA) is 70.2 Å². The zero-order valence-corrected chi connectivity index (χ0v) is 19.9. The number of H-pyrrole nitrogens is 1. The highest BCUT2D eigenvalue weighted by Crippen LogP contribution is 2.40. The van der Waals surface area contributed by atoms with E-state index < -0.39 is 0 Å². The van der Waals surface area contributed by atoms with E-state index in [2.05, 4.69) is 62.9 Å². The standard InChI is InChI=1S/C26H34N6O/c1-17(12-19-4-5-19)32-11-10-31(15-18(32)2)24-14-23(27-16-28-24)25-21-13-20(33-26(3)8-9-26)6-7-22(21)29-30-25/h6-7,13-14,16-19H,4-5,8-12,15H2,1-3H3,(H,29,30)/t17?,18-/m0/s1. The predicted octanol–water partition coefficient (Wildman–Crippen LogP) is 4.65. The van der Waals surface area contributed by atoms with Crippen molar-refractivity contribution in [1.29, 1.82) is 0 Å². The summed E-state index contributed by atoms with van der Waals surface area (Å²) >= 11 is 0. The third-order valence-electron chi connectivity index (χ3n) is 7.69. The largest absolute Gasteiger partial charge is 0.488 e. The van der Waals surface area contributed by atoms with Gasteiger partial charge in [-0.15, -0.1) is 0 Å². The van der Waals surface area contributed by atoms with E-state index in [0.717, 1.165) is 72.3 Å². The van der Waals surface area contributed by atoms with Gasteiger partial charge in [0, 0.05) is 43.2 Å². The first-order valence-electron chi connectivity index (χ1n) is 12.5. The zero-order valence-electron chi connectivity index (χ0n) is 19.9. The van der Waals surface area contributed by atoms with Gasteiger partial charge in [0.15, 0.2) is 0 Å². The number of fused-ring (bicyclic) bond motifs is 1. The maximum Gasteiger partial charge on any atom is 0.132 e. The molecule has 2 aromatic heterocycles. The minimum absolute atomic E-state index is 0.00530. The molecule has 0 bridgehead atoms. The summed E-state index contributed by atoms with van der Waals surface area (Å²) in [5, 5.41) is 8.78. The SMILES string of the molecule is CC(CC1CC1)N1CCN(c2cc(-c3n[nH]c4ccc(OC5(C)CC5)cc34)ncn2)C[C@@H]1C. The first-order valence-corrected chi connectivity index (χ1v) is 12.5. The number of nitrogens with zero attached hydrogens (tertiary/aromatic N) is 5. The van der Waals surface area contributed by atoms with Gasteiger partial charge in [0.2, 0.25) is 0 Å². The van der Waals surface area contributed by atoms with Crippen LogP contribution in [-0.4, -0.2) is 62.4 Å². The Hall–Kier alpha value is -2.67. The minimum atomic E-state index is -0.00530. The van der Waals surface area contributed by atoms with Crippen LogP contribution in [0.5, 0.6) is 5.75 Å². The van der Waals surface area contributed by atoms with Crippen molar-refractivity contribution in [3.63, 3.8) is 0 Å². The van der Waals surface area contributed by atoms with E-state index in [-0.39, 0.29) is 5.60 Å². The summed E-state index contributed by atoms with van der Waals surface area (Å²) in [6.45, 7) is 9.98. The molecule has 3 aromatic rings. The van der Waals surface area contributed by atoms with E-state index in [4.69, 9.17) is 4.74 Å². The van der Waals surface area contributed by atoms with E-state index in [1.165, 1.54) is 19.3 Å². The van der Waals surface area contributed by atoms with Crippen LogP contribution in [0.15, 0.2) is 30.6 Å². The second kappa shape index (κ2) is 7.97. The van der Waals surface area contributed by atoms with Crippen molar-refractivity contribution in [2.45, 2.75) is 70.6 Å². The van der Waals surface area contributed by atoms with E-state index >= 15 is 0 Å². The van der Waals surface area contributed by atoms with Gasteiger partial charge < -0.3 is 9.64 Å². The van der Waals surface area contributed by atoms with Gasteiger partial charge in [0.1, 0.15) is 29.2 Å². The third kappa shape index (κ3) is 4.31. The molecule has 0 spiro atoms. The number of nitrogens with one attached hydrogen (secondary N) is 1. The van der Waals surface area contributed by atoms with Crippen molar-refractivity contribution < 1.29 is 4.74 Å². The molecule has 3 fully saturated rings. The monoisotopic (exact) mass is 446 g/mol. The van der Waals surface area contributed by atoms with Crippen molar-refractivity contribution in [2.24, 2.45) is 5.92 Å². The van der Waals surface area contributed by atoms with Crippen LogP contribution < -0.4 is 9.64 Å². The van der Waals surface area contributed by atoms with E-state index in [9.17, 15) is 0 Å². The highest BCUT2D eigenvalue weighted by molar-refractivity contribution is 5.93. The fraction of sp³-hybridized carbons (Fsp3) is 0.577. The summed E-state index contributed by atoms with van der Waals surface area (Å²) in [7, 11) is 0. The first-order chi connectivity index (χ1) is 16.0. The van der Waals surface area contributed by atoms with Crippen LogP contribution in [0, 0.1) is 5.92 Å². The number of aromatic nitrogens is 4. The first kappa shape index (κ1) is 20.9. The lowest BCUT2D eigenvalue weighted by atomic mass is 10.1. The van der Waals surface area contributed by atoms with Crippen LogP contribution in [0.4, 0.5) is 5.82 Å². The van der Waals surface area contributed by atoms with Crippen LogP contribution in [0.3, 0.4) is 0 Å². The quantitative estimate of drug-likeness (QED) is 0.570. The summed E-state index contributed by atoms with van der Waals surface area (Å²) in [6, 6.07) is 9.41. The van der Waals surface area contributed by atoms with Crippen molar-refractivity contribution in [1.82, 2.24) is 25.1 Å². The maximum atomic E-state index is 6.18. The number of rotatable bonds is 7. The molecule has 6 rings (SSSR count). The number of hydrogen-bond acceptors (Lipinski definition) is 6. The Bertz CT molecular complexity index is 1150. The van der Waals surface area contributed by atoms with Crippen LogP contribution in [0.1, 0.15) is 52.9 Å². The Morgan fingerprint density at radius 1 is 1.18 bits per heavy atom. The smallest absolute Gasteiger partial charge is 0.132 e. The molecule has 3 aliphatic rings. The van der Waals surface area contributed by atoms with E-state index in [0.29, 0.717) is 12.1 Å². The van der Waals surface area contributed by atoms with Gasteiger partial charge in [-0.3, -0.25) is 10.00 Å². The molecule has 3 heterocycles. The molecule has 2 saturated carbocycles. The molecule has 33 heavy (non-hydrogen) atoms. The Morgan fingerprint density at radius 2 is 2.03 bits per heavy atom. The average molecular weight is 447 g/mol. The van der Waals surface area contributed by atoms with Crippen LogP contribution >= 0.6 is 0 Å². The highest BCUT2D eigenvalue weighted by atomic mass is 16.5. The predicted molar refractivity (Wildman–Crippen MR) is 131 cm³/mol. The molecule has 1 N–H and O–H groups in total. The molecular weight excluding hydrogens is 412 g/mol. The molecule has 1 aliphatic heterocycles. The molecular formula is C26H34N6O. The van der Waals surface area contributed by atoms with Gasteiger partial charge >= 0.3 is 0 Å². The average Bonchev–Trinajstić information content (AvgIpc) is 3.72. The number of ether oxygens (including phenoxy) is 1. The Morgan fingerprint density at radius 3 is 2.79 bits per heavy atom. The van der Waals surface area contributed by atoms with E-state index in [1.807, 2.05) is 12.1 Å². The number of hydrogen-bond donors (Lipinski definition) is 1. The Labute approximate surface area is 195 Å². The van der Waals surface area contributed by atoms with Gasteiger partial charge in [-0.2, -0.15) is 5.10 Å². The molecule has 0 amide bonds. The van der Waals surface area contributed by atoms with Gasteiger partial charge in [-0.1, -0.05) is 12.8 Å². The molecule has 7 heteroatoms. The lowest BCUT2D eigenvalue weighted by Gasteiger charge is -2.43. The minimum Gasteiger partial charge on any atom is -0.488 e. The van der Waals surface area contributed by atoms with Crippen molar-refractivity contribution in [3.8, 4) is 17.1 Å². The molecule has 1 unspecified atom stereocenters.